The molecule has 4 rings (SSSR count). The van der Waals surface area contributed by atoms with Crippen LogP contribution in [0.5, 0.6) is 0 Å². The van der Waals surface area contributed by atoms with Crippen LogP contribution in [-0.4, -0.2) is 50.1 Å². The summed E-state index contributed by atoms with van der Waals surface area (Å²) in [5.41, 5.74) is 4.44. The molecule has 1 aromatic heterocycles. The Morgan fingerprint density at radius 1 is 1.00 bits per heavy atom. The van der Waals surface area contributed by atoms with E-state index in [1.54, 1.807) is 11.3 Å². The number of piperazine rings is 1. The van der Waals surface area contributed by atoms with E-state index in [4.69, 9.17) is 0 Å². The van der Waals surface area contributed by atoms with Crippen molar-refractivity contribution >= 4 is 28.6 Å². The van der Waals surface area contributed by atoms with Crippen LogP contribution < -0.4 is 15.5 Å². The fraction of sp³-hybridized carbons (Fsp3) is 0.346. The molecule has 2 N–H and O–H groups in total. The van der Waals surface area contributed by atoms with E-state index < -0.39 is 0 Å². The topological polar surface area (TPSA) is 47.6 Å². The molecule has 0 saturated carbocycles. The van der Waals surface area contributed by atoms with Crippen LogP contribution in [0.2, 0.25) is 0 Å². The molecule has 1 atom stereocenters. The van der Waals surface area contributed by atoms with Crippen LogP contribution >= 0.6 is 11.3 Å². The van der Waals surface area contributed by atoms with Crippen molar-refractivity contribution in [1.82, 2.24) is 10.2 Å². The molecule has 0 spiro atoms. The van der Waals surface area contributed by atoms with Gasteiger partial charge in [-0.2, -0.15) is 0 Å². The lowest BCUT2D eigenvalue weighted by atomic mass is 10.0. The molecule has 5 nitrogen and oxygen atoms in total. The number of benzene rings is 2. The molecule has 3 aromatic rings. The van der Waals surface area contributed by atoms with Gasteiger partial charge in [-0.05, 0) is 54.7 Å². The Morgan fingerprint density at radius 3 is 2.34 bits per heavy atom. The van der Waals surface area contributed by atoms with Gasteiger partial charge in [0.15, 0.2) is 0 Å². The molecule has 0 unspecified atom stereocenters. The number of carbonyl (C=O) groups is 1. The Hall–Kier alpha value is -2.67. The van der Waals surface area contributed by atoms with Crippen molar-refractivity contribution in [1.29, 1.82) is 0 Å². The van der Waals surface area contributed by atoms with E-state index >= 15 is 0 Å². The molecule has 0 radical (unpaired) electrons. The fourth-order valence-corrected chi connectivity index (χ4v) is 4.90. The van der Waals surface area contributed by atoms with E-state index in [1.165, 1.54) is 21.7 Å². The van der Waals surface area contributed by atoms with Crippen LogP contribution in [0.4, 0.5) is 11.4 Å². The molecule has 1 amide bonds. The van der Waals surface area contributed by atoms with Crippen molar-refractivity contribution in [2.45, 2.75) is 19.9 Å². The smallest absolute Gasteiger partial charge is 0.238 e. The monoisotopic (exact) mass is 448 g/mol. The van der Waals surface area contributed by atoms with Gasteiger partial charge in [-0.25, -0.2) is 0 Å². The van der Waals surface area contributed by atoms with Gasteiger partial charge in [-0.1, -0.05) is 42.8 Å². The zero-order chi connectivity index (χ0) is 22.3. The molecule has 0 aliphatic carbocycles. The van der Waals surface area contributed by atoms with Crippen LogP contribution in [-0.2, 0) is 4.79 Å². The number of carbonyl (C=O) groups excluding carboxylic acids is 1. The number of aryl methyl sites for hydroxylation is 1. The van der Waals surface area contributed by atoms with Gasteiger partial charge in [0.05, 0.1) is 12.6 Å². The summed E-state index contributed by atoms with van der Waals surface area (Å²) in [6.45, 7) is 9.97. The van der Waals surface area contributed by atoms with Gasteiger partial charge in [0.2, 0.25) is 5.91 Å². The first-order chi connectivity index (χ1) is 15.6. The van der Waals surface area contributed by atoms with Crippen LogP contribution in [0.1, 0.15) is 29.0 Å². The third kappa shape index (κ3) is 5.76. The van der Waals surface area contributed by atoms with Crippen molar-refractivity contribution in [2.24, 2.45) is 0 Å². The van der Waals surface area contributed by atoms with Crippen LogP contribution in [0, 0.1) is 6.92 Å². The highest BCUT2D eigenvalue weighted by atomic mass is 32.1. The van der Waals surface area contributed by atoms with Crippen molar-refractivity contribution in [3.05, 3.63) is 82.0 Å². The van der Waals surface area contributed by atoms with Gasteiger partial charge in [-0.15, -0.1) is 11.3 Å². The van der Waals surface area contributed by atoms with Gasteiger partial charge < -0.3 is 15.1 Å². The first-order valence-corrected chi connectivity index (χ1v) is 12.2. The largest absolute Gasteiger partial charge is 0.369 e. The minimum atomic E-state index is -0.0389. The number of rotatable bonds is 8. The average Bonchev–Trinajstić information content (AvgIpc) is 3.36. The summed E-state index contributed by atoms with van der Waals surface area (Å²) in [6, 6.07) is 20.8. The molecule has 0 bridgehead atoms. The van der Waals surface area contributed by atoms with Crippen LogP contribution in [0.15, 0.2) is 66.0 Å². The first kappa shape index (κ1) is 22.5. The van der Waals surface area contributed by atoms with E-state index in [9.17, 15) is 4.79 Å². The SMILES string of the molecule is CCN1CCN(c2ccc(NC(=O)CN[C@H](c3ccc(C)cc3)c3cccs3)cc2)CC1. The van der Waals surface area contributed by atoms with Crippen molar-refractivity contribution in [3.63, 3.8) is 0 Å². The summed E-state index contributed by atoms with van der Waals surface area (Å²) in [7, 11) is 0. The number of hydrogen-bond acceptors (Lipinski definition) is 5. The summed E-state index contributed by atoms with van der Waals surface area (Å²) >= 11 is 1.70. The Kier molecular flexibility index (Phi) is 7.58. The second-order valence-electron chi connectivity index (χ2n) is 8.26. The Morgan fingerprint density at radius 2 is 1.72 bits per heavy atom. The molecular weight excluding hydrogens is 416 g/mol. The zero-order valence-electron chi connectivity index (χ0n) is 18.9. The van der Waals surface area contributed by atoms with Crippen molar-refractivity contribution in [3.8, 4) is 0 Å². The zero-order valence-corrected chi connectivity index (χ0v) is 19.7. The molecule has 1 saturated heterocycles. The summed E-state index contributed by atoms with van der Waals surface area (Å²) < 4.78 is 0. The lowest BCUT2D eigenvalue weighted by Crippen LogP contribution is -2.46. The number of anilines is 2. The average molecular weight is 449 g/mol. The molecule has 168 valence electrons. The minimum absolute atomic E-state index is 0.00511. The number of hydrogen-bond donors (Lipinski definition) is 2. The van der Waals surface area contributed by atoms with Gasteiger partial charge in [0.1, 0.15) is 0 Å². The third-order valence-electron chi connectivity index (χ3n) is 6.04. The maximum atomic E-state index is 12.6. The summed E-state index contributed by atoms with van der Waals surface area (Å²) in [6.07, 6.45) is 0. The summed E-state index contributed by atoms with van der Waals surface area (Å²) in [5, 5.41) is 8.53. The predicted octanol–water partition coefficient (Wildman–Crippen LogP) is 4.52. The Bertz CT molecular complexity index is 978. The van der Waals surface area contributed by atoms with Crippen molar-refractivity contribution < 1.29 is 4.79 Å². The lowest BCUT2D eigenvalue weighted by Gasteiger charge is -2.35. The predicted molar refractivity (Wildman–Crippen MR) is 135 cm³/mol. The highest BCUT2D eigenvalue weighted by Gasteiger charge is 2.17. The number of likely N-dealkylation sites (N-methyl/N-ethyl adjacent to an activating group) is 1. The van der Waals surface area contributed by atoms with Gasteiger partial charge in [0, 0.05) is 42.4 Å². The number of nitrogens with zero attached hydrogens (tertiary/aromatic N) is 2. The molecule has 1 aliphatic heterocycles. The summed E-state index contributed by atoms with van der Waals surface area (Å²) in [5.74, 6) is -0.0389. The molecular formula is C26H32N4OS. The van der Waals surface area contributed by atoms with E-state index in [2.05, 4.69) is 82.1 Å². The molecule has 6 heteroatoms. The van der Waals surface area contributed by atoms with E-state index in [0.29, 0.717) is 0 Å². The van der Waals surface area contributed by atoms with Gasteiger partial charge in [0.25, 0.3) is 0 Å². The Balaban J connectivity index is 1.33. The lowest BCUT2D eigenvalue weighted by molar-refractivity contribution is -0.115. The van der Waals surface area contributed by atoms with Crippen LogP contribution in [0.25, 0.3) is 0 Å². The van der Waals surface area contributed by atoms with Gasteiger partial charge >= 0.3 is 0 Å². The fourth-order valence-electron chi connectivity index (χ4n) is 4.07. The van der Waals surface area contributed by atoms with E-state index in [-0.39, 0.29) is 18.5 Å². The van der Waals surface area contributed by atoms with Gasteiger partial charge in [-0.3, -0.25) is 10.1 Å². The quantitative estimate of drug-likeness (QED) is 0.532. The van der Waals surface area contributed by atoms with Crippen molar-refractivity contribution in [2.75, 3.05) is 49.5 Å². The maximum absolute atomic E-state index is 12.6. The first-order valence-electron chi connectivity index (χ1n) is 11.3. The molecule has 1 fully saturated rings. The third-order valence-corrected chi connectivity index (χ3v) is 6.98. The highest BCUT2D eigenvalue weighted by molar-refractivity contribution is 7.10. The number of thiophene rings is 1. The van der Waals surface area contributed by atoms with E-state index in [0.717, 1.165) is 38.4 Å². The Labute approximate surface area is 195 Å². The minimum Gasteiger partial charge on any atom is -0.369 e. The second-order valence-corrected chi connectivity index (χ2v) is 9.24. The standard InChI is InChI=1S/C26H32N4OS/c1-3-29-14-16-30(17-15-29)23-12-10-22(11-13-23)28-25(31)19-27-26(24-5-4-18-32-24)21-8-6-20(2)7-9-21/h4-13,18,26-27H,3,14-17,19H2,1-2H3,(H,28,31)/t26-/m1/s1. The second kappa shape index (κ2) is 10.8. The number of amides is 1. The van der Waals surface area contributed by atoms with E-state index in [1.807, 2.05) is 18.2 Å². The number of nitrogens with one attached hydrogen (secondary N) is 2. The highest BCUT2D eigenvalue weighted by Crippen LogP contribution is 2.26. The molecule has 1 aliphatic rings. The molecule has 32 heavy (non-hydrogen) atoms. The normalized spacial score (nSPS) is 15.5. The molecule has 2 heterocycles. The summed E-state index contributed by atoms with van der Waals surface area (Å²) in [4.78, 5) is 18.7. The van der Waals surface area contributed by atoms with Crippen LogP contribution in [0.3, 0.4) is 0 Å². The molecule has 2 aromatic carbocycles. The maximum Gasteiger partial charge on any atom is 0.238 e.